The number of carbonyl (C=O) groups excluding carboxylic acids is 1. The highest BCUT2D eigenvalue weighted by Gasteiger charge is 2.06. The molecule has 7 heteroatoms. The first kappa shape index (κ1) is 10.6. The summed E-state index contributed by atoms with van der Waals surface area (Å²) in [6.07, 6.45) is 1.34. The maximum Gasteiger partial charge on any atom is 0.273 e. The van der Waals surface area contributed by atoms with E-state index in [0.29, 0.717) is 13.2 Å². The first-order valence-electron chi connectivity index (χ1n) is 4.17. The zero-order valence-corrected chi connectivity index (χ0v) is 7.56. The molecule has 0 aliphatic rings. The van der Waals surface area contributed by atoms with Crippen LogP contribution in [-0.2, 0) is 4.74 Å². The number of carbonyl (C=O) groups is 1. The Morgan fingerprint density at radius 2 is 2.50 bits per heavy atom. The quantitative estimate of drug-likeness (QED) is 0.487. The van der Waals surface area contributed by atoms with Gasteiger partial charge in [-0.2, -0.15) is 15.4 Å². The van der Waals surface area contributed by atoms with Crippen LogP contribution >= 0.6 is 0 Å². The van der Waals surface area contributed by atoms with E-state index >= 15 is 0 Å². The van der Waals surface area contributed by atoms with Gasteiger partial charge in [0.25, 0.3) is 5.91 Å². The van der Waals surface area contributed by atoms with Crippen molar-refractivity contribution in [3.05, 3.63) is 11.9 Å². The molecule has 1 aromatic rings. The van der Waals surface area contributed by atoms with Crippen LogP contribution in [0.2, 0.25) is 0 Å². The molecule has 0 saturated heterocycles. The number of aliphatic hydroxyl groups excluding tert-OH is 1. The molecule has 0 bridgehead atoms. The number of amides is 1. The van der Waals surface area contributed by atoms with E-state index in [2.05, 4.69) is 20.7 Å². The van der Waals surface area contributed by atoms with Crippen molar-refractivity contribution in [1.29, 1.82) is 0 Å². The summed E-state index contributed by atoms with van der Waals surface area (Å²) in [4.78, 5) is 11.2. The molecule has 1 aromatic heterocycles. The van der Waals surface area contributed by atoms with Gasteiger partial charge in [-0.25, -0.2) is 0 Å². The highest BCUT2D eigenvalue weighted by Crippen LogP contribution is 1.86. The Balaban J connectivity index is 2.10. The molecule has 0 aliphatic carbocycles. The molecule has 0 aromatic carbocycles. The van der Waals surface area contributed by atoms with Crippen molar-refractivity contribution in [1.82, 2.24) is 20.7 Å². The van der Waals surface area contributed by atoms with Crippen LogP contribution in [0, 0.1) is 0 Å². The van der Waals surface area contributed by atoms with Crippen LogP contribution in [0.15, 0.2) is 6.20 Å². The second-order valence-corrected chi connectivity index (χ2v) is 2.45. The van der Waals surface area contributed by atoms with Gasteiger partial charge in [-0.05, 0) is 0 Å². The number of aliphatic hydroxyl groups is 1. The largest absolute Gasteiger partial charge is 0.394 e. The highest BCUT2D eigenvalue weighted by molar-refractivity contribution is 5.91. The number of hydrogen-bond acceptors (Lipinski definition) is 5. The number of nitrogens with zero attached hydrogens (tertiary/aromatic N) is 2. The normalized spacial score (nSPS) is 10.1. The lowest BCUT2D eigenvalue weighted by molar-refractivity contribution is 0.0835. The molecule has 3 N–H and O–H groups in total. The molecule has 0 saturated carbocycles. The van der Waals surface area contributed by atoms with Gasteiger partial charge in [0.1, 0.15) is 0 Å². The second-order valence-electron chi connectivity index (χ2n) is 2.45. The topological polar surface area (TPSA) is 100 Å². The summed E-state index contributed by atoms with van der Waals surface area (Å²) < 4.78 is 4.94. The lowest BCUT2D eigenvalue weighted by Crippen LogP contribution is -2.27. The van der Waals surface area contributed by atoms with Crippen molar-refractivity contribution in [3.63, 3.8) is 0 Å². The van der Waals surface area contributed by atoms with E-state index in [9.17, 15) is 4.79 Å². The summed E-state index contributed by atoms with van der Waals surface area (Å²) in [5, 5.41) is 20.4. The molecule has 0 fully saturated rings. The van der Waals surface area contributed by atoms with Crippen molar-refractivity contribution in [2.75, 3.05) is 26.4 Å². The minimum absolute atomic E-state index is 0.0166. The van der Waals surface area contributed by atoms with Gasteiger partial charge in [0.05, 0.1) is 26.0 Å². The second kappa shape index (κ2) is 6.06. The summed E-state index contributed by atoms with van der Waals surface area (Å²) in [5.41, 5.74) is 0.243. The van der Waals surface area contributed by atoms with Crippen LogP contribution < -0.4 is 5.32 Å². The highest BCUT2D eigenvalue weighted by atomic mass is 16.5. The van der Waals surface area contributed by atoms with Gasteiger partial charge in [0.2, 0.25) is 0 Å². The minimum Gasteiger partial charge on any atom is -0.394 e. The van der Waals surface area contributed by atoms with Gasteiger partial charge < -0.3 is 15.2 Å². The van der Waals surface area contributed by atoms with Gasteiger partial charge >= 0.3 is 0 Å². The van der Waals surface area contributed by atoms with E-state index in [0.717, 1.165) is 0 Å². The average molecular weight is 200 g/mol. The summed E-state index contributed by atoms with van der Waals surface area (Å²) in [6, 6.07) is 0. The third-order valence-corrected chi connectivity index (χ3v) is 1.42. The lowest BCUT2D eigenvalue weighted by atomic mass is 10.4. The van der Waals surface area contributed by atoms with E-state index in [-0.39, 0.29) is 24.8 Å². The smallest absolute Gasteiger partial charge is 0.273 e. The SMILES string of the molecule is O=C(NCCOCCO)c1cn[nH]n1. The first-order valence-corrected chi connectivity index (χ1v) is 4.17. The first-order chi connectivity index (χ1) is 6.84. The number of ether oxygens (including phenoxy) is 1. The monoisotopic (exact) mass is 200 g/mol. The van der Waals surface area contributed by atoms with Gasteiger partial charge in [-0.3, -0.25) is 4.79 Å². The molecule has 1 heterocycles. The Morgan fingerprint density at radius 3 is 3.14 bits per heavy atom. The van der Waals surface area contributed by atoms with Crippen LogP contribution in [0.3, 0.4) is 0 Å². The molecule has 1 rings (SSSR count). The molecule has 0 spiro atoms. The van der Waals surface area contributed by atoms with Crippen LogP contribution in [0.25, 0.3) is 0 Å². The molecular formula is C7H12N4O3. The van der Waals surface area contributed by atoms with Gasteiger partial charge in [-0.1, -0.05) is 0 Å². The van der Waals surface area contributed by atoms with Crippen molar-refractivity contribution in [2.24, 2.45) is 0 Å². The van der Waals surface area contributed by atoms with E-state index in [1.165, 1.54) is 6.20 Å². The van der Waals surface area contributed by atoms with Crippen LogP contribution in [0.4, 0.5) is 0 Å². The summed E-state index contributed by atoms with van der Waals surface area (Å²) in [5.74, 6) is -0.300. The molecule has 0 unspecified atom stereocenters. The zero-order chi connectivity index (χ0) is 10.2. The summed E-state index contributed by atoms with van der Waals surface area (Å²) in [6.45, 7) is 1.01. The third kappa shape index (κ3) is 3.50. The number of rotatable bonds is 6. The molecule has 1 amide bonds. The predicted octanol–water partition coefficient (Wildman–Crippen LogP) is -1.46. The molecular weight excluding hydrogens is 188 g/mol. The fourth-order valence-electron chi connectivity index (χ4n) is 0.805. The van der Waals surface area contributed by atoms with E-state index in [1.54, 1.807) is 0 Å². The third-order valence-electron chi connectivity index (χ3n) is 1.42. The number of aromatic amines is 1. The van der Waals surface area contributed by atoms with E-state index < -0.39 is 0 Å². The fraction of sp³-hybridized carbons (Fsp3) is 0.571. The Morgan fingerprint density at radius 1 is 1.64 bits per heavy atom. The van der Waals surface area contributed by atoms with Crippen molar-refractivity contribution >= 4 is 5.91 Å². The van der Waals surface area contributed by atoms with Gasteiger partial charge in [0.15, 0.2) is 5.69 Å². The number of nitrogens with one attached hydrogen (secondary N) is 2. The molecule has 0 atom stereocenters. The maximum atomic E-state index is 11.2. The van der Waals surface area contributed by atoms with Gasteiger partial charge in [0, 0.05) is 6.54 Å². The molecule has 7 nitrogen and oxygen atoms in total. The molecule has 78 valence electrons. The Bertz CT molecular complexity index is 262. The average Bonchev–Trinajstić information content (AvgIpc) is 2.70. The fourth-order valence-corrected chi connectivity index (χ4v) is 0.805. The van der Waals surface area contributed by atoms with Crippen molar-refractivity contribution in [3.8, 4) is 0 Å². The van der Waals surface area contributed by atoms with E-state index in [1.807, 2.05) is 0 Å². The minimum atomic E-state index is -0.300. The van der Waals surface area contributed by atoms with E-state index in [4.69, 9.17) is 9.84 Å². The molecule has 0 radical (unpaired) electrons. The number of aromatic nitrogens is 3. The summed E-state index contributed by atoms with van der Waals surface area (Å²) in [7, 11) is 0. The van der Waals surface area contributed by atoms with Crippen LogP contribution in [0.5, 0.6) is 0 Å². The number of hydrogen-bond donors (Lipinski definition) is 3. The van der Waals surface area contributed by atoms with Gasteiger partial charge in [-0.15, -0.1) is 0 Å². The Kier molecular flexibility index (Phi) is 4.59. The maximum absolute atomic E-state index is 11.2. The predicted molar refractivity (Wildman–Crippen MR) is 46.6 cm³/mol. The standard InChI is InChI=1S/C7H12N4O3/c12-2-4-14-3-1-8-7(13)6-5-9-11-10-6/h5,12H,1-4H2,(H,8,13)(H,9,10,11). The molecule has 14 heavy (non-hydrogen) atoms. The number of H-pyrrole nitrogens is 1. The van der Waals surface area contributed by atoms with Crippen molar-refractivity contribution in [2.45, 2.75) is 0 Å². The summed E-state index contributed by atoms with van der Waals surface area (Å²) >= 11 is 0. The lowest BCUT2D eigenvalue weighted by Gasteiger charge is -2.02. The Labute approximate surface area is 80.5 Å². The van der Waals surface area contributed by atoms with Crippen LogP contribution in [-0.4, -0.2) is 52.8 Å². The van der Waals surface area contributed by atoms with Crippen LogP contribution in [0.1, 0.15) is 10.5 Å². The Hall–Kier alpha value is -1.47. The van der Waals surface area contributed by atoms with Crippen molar-refractivity contribution < 1.29 is 14.6 Å². The molecule has 0 aliphatic heterocycles. The zero-order valence-electron chi connectivity index (χ0n) is 7.56.